The zero-order chi connectivity index (χ0) is 15.6. The number of hydrogen-bond donors (Lipinski definition) is 2. The molecule has 0 atom stereocenters. The van der Waals surface area contributed by atoms with Crippen LogP contribution in [0.2, 0.25) is 5.02 Å². The van der Waals surface area contributed by atoms with Crippen molar-refractivity contribution in [3.8, 4) is 6.07 Å². The van der Waals surface area contributed by atoms with Crippen LogP contribution < -0.4 is 10.5 Å². The summed E-state index contributed by atoms with van der Waals surface area (Å²) in [7, 11) is -3.78. The molecule has 0 radical (unpaired) electrons. The van der Waals surface area contributed by atoms with Gasteiger partial charge in [-0.25, -0.2) is 8.42 Å². The summed E-state index contributed by atoms with van der Waals surface area (Å²) in [4.78, 5) is 0.0633. The van der Waals surface area contributed by atoms with Gasteiger partial charge >= 0.3 is 0 Å². The Balaban J connectivity index is 2.39. The minimum atomic E-state index is -3.78. The van der Waals surface area contributed by atoms with Gasteiger partial charge in [0.25, 0.3) is 10.0 Å². The van der Waals surface area contributed by atoms with Gasteiger partial charge in [0.1, 0.15) is 0 Å². The molecule has 0 unspecified atom stereocenters. The predicted molar refractivity (Wildman–Crippen MR) is 82.6 cm³/mol. The van der Waals surface area contributed by atoms with Crippen LogP contribution in [0.4, 0.5) is 11.4 Å². The number of nitriles is 1. The third-order valence-corrected chi connectivity index (χ3v) is 4.48. The van der Waals surface area contributed by atoms with Crippen LogP contribution in [0.3, 0.4) is 0 Å². The van der Waals surface area contributed by atoms with E-state index in [4.69, 9.17) is 22.6 Å². The maximum absolute atomic E-state index is 12.3. The van der Waals surface area contributed by atoms with Gasteiger partial charge in [-0.1, -0.05) is 11.6 Å². The molecular formula is C14H12ClN3O2S. The molecule has 21 heavy (non-hydrogen) atoms. The van der Waals surface area contributed by atoms with Crippen molar-refractivity contribution < 1.29 is 8.42 Å². The minimum Gasteiger partial charge on any atom is -0.397 e. The monoisotopic (exact) mass is 321 g/mol. The highest BCUT2D eigenvalue weighted by Crippen LogP contribution is 2.25. The van der Waals surface area contributed by atoms with Crippen LogP contribution in [0.5, 0.6) is 0 Å². The molecule has 0 heterocycles. The summed E-state index contributed by atoms with van der Waals surface area (Å²) in [5.74, 6) is 0. The van der Waals surface area contributed by atoms with Crippen LogP contribution in [-0.4, -0.2) is 8.42 Å². The molecule has 0 aromatic heterocycles. The Morgan fingerprint density at radius 1 is 1.24 bits per heavy atom. The number of halogens is 1. The van der Waals surface area contributed by atoms with Crippen molar-refractivity contribution in [1.82, 2.24) is 0 Å². The number of rotatable bonds is 3. The number of hydrogen-bond acceptors (Lipinski definition) is 4. The van der Waals surface area contributed by atoms with Gasteiger partial charge in [-0.15, -0.1) is 0 Å². The molecule has 2 rings (SSSR count). The van der Waals surface area contributed by atoms with E-state index < -0.39 is 10.0 Å². The van der Waals surface area contributed by atoms with Crippen molar-refractivity contribution in [3.63, 3.8) is 0 Å². The fraction of sp³-hybridized carbons (Fsp3) is 0.0714. The highest BCUT2D eigenvalue weighted by Gasteiger charge is 2.16. The van der Waals surface area contributed by atoms with Crippen LogP contribution in [0, 0.1) is 18.3 Å². The summed E-state index contributed by atoms with van der Waals surface area (Å²) in [6, 6.07) is 10.8. The van der Waals surface area contributed by atoms with Crippen molar-refractivity contribution in [1.29, 1.82) is 5.26 Å². The van der Waals surface area contributed by atoms with E-state index in [2.05, 4.69) is 4.72 Å². The van der Waals surface area contributed by atoms with E-state index in [9.17, 15) is 8.42 Å². The molecule has 0 saturated heterocycles. The van der Waals surface area contributed by atoms with Crippen LogP contribution in [-0.2, 0) is 10.0 Å². The minimum absolute atomic E-state index is 0.0633. The Labute approximate surface area is 128 Å². The number of benzene rings is 2. The number of sulfonamides is 1. The van der Waals surface area contributed by atoms with E-state index >= 15 is 0 Å². The van der Waals surface area contributed by atoms with Gasteiger partial charge in [0.05, 0.1) is 27.9 Å². The Kier molecular flexibility index (Phi) is 4.07. The molecule has 0 fully saturated rings. The molecule has 0 aliphatic carbocycles. The SMILES string of the molecule is Cc1cc(S(=O)(=O)Nc2ccc(Cl)cc2N)ccc1C#N. The summed E-state index contributed by atoms with van der Waals surface area (Å²) in [5.41, 5.74) is 7.23. The first-order valence-corrected chi connectivity index (χ1v) is 7.78. The third-order valence-electron chi connectivity index (χ3n) is 2.89. The average Bonchev–Trinajstić information content (AvgIpc) is 2.42. The van der Waals surface area contributed by atoms with Gasteiger partial charge in [0.2, 0.25) is 0 Å². The van der Waals surface area contributed by atoms with Crippen molar-refractivity contribution >= 4 is 33.0 Å². The summed E-state index contributed by atoms with van der Waals surface area (Å²) < 4.78 is 27.0. The summed E-state index contributed by atoms with van der Waals surface area (Å²) in [6.07, 6.45) is 0. The van der Waals surface area contributed by atoms with E-state index in [0.29, 0.717) is 16.1 Å². The fourth-order valence-corrected chi connectivity index (χ4v) is 3.11. The summed E-state index contributed by atoms with van der Waals surface area (Å²) >= 11 is 5.77. The van der Waals surface area contributed by atoms with E-state index in [1.807, 2.05) is 6.07 Å². The molecule has 2 aromatic carbocycles. The van der Waals surface area contributed by atoms with Crippen molar-refractivity contribution in [2.45, 2.75) is 11.8 Å². The fourth-order valence-electron chi connectivity index (χ4n) is 1.76. The quantitative estimate of drug-likeness (QED) is 0.849. The first-order chi connectivity index (χ1) is 9.83. The normalized spacial score (nSPS) is 10.9. The highest BCUT2D eigenvalue weighted by molar-refractivity contribution is 7.92. The van der Waals surface area contributed by atoms with Gasteiger partial charge in [-0.3, -0.25) is 4.72 Å². The van der Waals surface area contributed by atoms with Crippen molar-refractivity contribution in [2.75, 3.05) is 10.5 Å². The molecule has 0 saturated carbocycles. The summed E-state index contributed by atoms with van der Waals surface area (Å²) in [6.45, 7) is 1.67. The molecule has 0 spiro atoms. The zero-order valence-corrected chi connectivity index (χ0v) is 12.7. The first kappa shape index (κ1) is 15.2. The van der Waals surface area contributed by atoms with Gasteiger partial charge in [-0.2, -0.15) is 5.26 Å². The van der Waals surface area contributed by atoms with Crippen LogP contribution >= 0.6 is 11.6 Å². The lowest BCUT2D eigenvalue weighted by Crippen LogP contribution is -2.14. The Morgan fingerprint density at radius 3 is 2.52 bits per heavy atom. The number of aryl methyl sites for hydroxylation is 1. The topological polar surface area (TPSA) is 96.0 Å². The molecule has 2 aromatic rings. The first-order valence-electron chi connectivity index (χ1n) is 5.92. The number of nitrogens with zero attached hydrogens (tertiary/aromatic N) is 1. The third kappa shape index (κ3) is 3.27. The van der Waals surface area contributed by atoms with Crippen LogP contribution in [0.25, 0.3) is 0 Å². The van der Waals surface area contributed by atoms with E-state index in [0.717, 1.165) is 0 Å². The molecule has 5 nitrogen and oxygen atoms in total. The van der Waals surface area contributed by atoms with Crippen LogP contribution in [0.15, 0.2) is 41.3 Å². The lowest BCUT2D eigenvalue weighted by Gasteiger charge is -2.11. The predicted octanol–water partition coefficient (Wildman–Crippen LogP) is 2.90. The largest absolute Gasteiger partial charge is 0.397 e. The molecule has 108 valence electrons. The van der Waals surface area contributed by atoms with E-state index in [1.54, 1.807) is 13.0 Å². The number of nitrogens with one attached hydrogen (secondary N) is 1. The highest BCUT2D eigenvalue weighted by atomic mass is 35.5. The Bertz CT molecular complexity index is 842. The molecule has 0 aliphatic rings. The van der Waals surface area contributed by atoms with Crippen molar-refractivity contribution in [3.05, 3.63) is 52.5 Å². The molecule has 0 aliphatic heterocycles. The molecular weight excluding hydrogens is 310 g/mol. The lowest BCUT2D eigenvalue weighted by atomic mass is 10.1. The standard InChI is InChI=1S/C14H12ClN3O2S/c1-9-6-12(4-2-10(9)8-16)21(19,20)18-14-5-3-11(15)7-13(14)17/h2-7,18H,17H2,1H3. The average molecular weight is 322 g/mol. The van der Waals surface area contributed by atoms with Gasteiger partial charge in [-0.05, 0) is 48.9 Å². The van der Waals surface area contributed by atoms with Gasteiger partial charge in [0.15, 0.2) is 0 Å². The second kappa shape index (κ2) is 5.64. The summed E-state index contributed by atoms with van der Waals surface area (Å²) in [5, 5.41) is 9.29. The van der Waals surface area contributed by atoms with E-state index in [1.165, 1.54) is 30.3 Å². The molecule has 0 bridgehead atoms. The molecule has 0 amide bonds. The number of nitrogen functional groups attached to an aromatic ring is 1. The lowest BCUT2D eigenvalue weighted by molar-refractivity contribution is 0.601. The second-order valence-corrected chi connectivity index (χ2v) is 6.54. The smallest absolute Gasteiger partial charge is 0.261 e. The maximum Gasteiger partial charge on any atom is 0.261 e. The molecule has 7 heteroatoms. The zero-order valence-electron chi connectivity index (χ0n) is 11.1. The number of nitrogens with two attached hydrogens (primary N) is 1. The van der Waals surface area contributed by atoms with E-state index in [-0.39, 0.29) is 16.3 Å². The number of anilines is 2. The van der Waals surface area contributed by atoms with Gasteiger partial charge < -0.3 is 5.73 Å². The Morgan fingerprint density at radius 2 is 1.95 bits per heavy atom. The molecule has 3 N–H and O–H groups in total. The van der Waals surface area contributed by atoms with Crippen molar-refractivity contribution in [2.24, 2.45) is 0 Å². The maximum atomic E-state index is 12.3. The van der Waals surface area contributed by atoms with Gasteiger partial charge in [0, 0.05) is 5.02 Å². The second-order valence-electron chi connectivity index (χ2n) is 4.43. The van der Waals surface area contributed by atoms with Crippen LogP contribution in [0.1, 0.15) is 11.1 Å². The Hall–Kier alpha value is -2.23.